The molecule has 1 aromatic carbocycles. The van der Waals surface area contributed by atoms with Gasteiger partial charge in [0.15, 0.2) is 0 Å². The molecule has 0 saturated carbocycles. The summed E-state index contributed by atoms with van der Waals surface area (Å²) in [4.78, 5) is 12.2. The van der Waals surface area contributed by atoms with Crippen molar-refractivity contribution in [1.29, 1.82) is 0 Å². The maximum atomic E-state index is 12.2. The summed E-state index contributed by atoms with van der Waals surface area (Å²) in [7, 11) is 0. The predicted molar refractivity (Wildman–Crippen MR) is 73.1 cm³/mol. The van der Waals surface area contributed by atoms with Crippen molar-refractivity contribution < 1.29 is 14.6 Å². The molecule has 4 heteroatoms. The van der Waals surface area contributed by atoms with E-state index < -0.39 is 5.54 Å². The molecule has 2 rings (SSSR count). The number of hydrogen-bond acceptors (Lipinski definition) is 3. The molecule has 0 saturated heterocycles. The number of fused-ring (bicyclic) bond motifs is 1. The van der Waals surface area contributed by atoms with Gasteiger partial charge in [-0.25, -0.2) is 0 Å². The van der Waals surface area contributed by atoms with Gasteiger partial charge in [-0.1, -0.05) is 25.1 Å². The lowest BCUT2D eigenvalue weighted by molar-refractivity contribution is -0.128. The van der Waals surface area contributed by atoms with Gasteiger partial charge >= 0.3 is 0 Å². The molecule has 0 spiro atoms. The van der Waals surface area contributed by atoms with E-state index in [2.05, 4.69) is 5.32 Å². The van der Waals surface area contributed by atoms with Crippen LogP contribution in [0.3, 0.4) is 0 Å². The standard InChI is InChI=1S/C15H21NO3/c1-3-15(2,10-17)16-14(18)12-8-11-6-4-5-7-13(11)19-9-12/h4-7,12,17H,3,8-10H2,1-2H3,(H,16,18). The SMILES string of the molecule is CCC(C)(CO)NC(=O)C1COc2ccccc2C1. The Hall–Kier alpha value is -1.55. The second-order valence-corrected chi connectivity index (χ2v) is 5.38. The molecule has 2 N–H and O–H groups in total. The van der Waals surface area contributed by atoms with E-state index in [-0.39, 0.29) is 18.4 Å². The van der Waals surface area contributed by atoms with Gasteiger partial charge in [0.25, 0.3) is 0 Å². The van der Waals surface area contributed by atoms with Crippen molar-refractivity contribution in [1.82, 2.24) is 5.32 Å². The van der Waals surface area contributed by atoms with Gasteiger partial charge in [0.05, 0.1) is 18.1 Å². The van der Waals surface area contributed by atoms with E-state index in [4.69, 9.17) is 4.74 Å². The van der Waals surface area contributed by atoms with Crippen molar-refractivity contribution in [2.75, 3.05) is 13.2 Å². The fourth-order valence-corrected chi connectivity index (χ4v) is 2.14. The van der Waals surface area contributed by atoms with E-state index in [1.54, 1.807) is 0 Å². The molecule has 0 radical (unpaired) electrons. The predicted octanol–water partition coefficient (Wildman–Crippen LogP) is 1.51. The first-order chi connectivity index (χ1) is 9.08. The van der Waals surface area contributed by atoms with Crippen molar-refractivity contribution >= 4 is 5.91 Å². The Labute approximate surface area is 113 Å². The number of amides is 1. The summed E-state index contributed by atoms with van der Waals surface area (Å²) in [5.41, 5.74) is 0.518. The highest BCUT2D eigenvalue weighted by molar-refractivity contribution is 5.80. The third-order valence-electron chi connectivity index (χ3n) is 3.80. The van der Waals surface area contributed by atoms with Crippen LogP contribution in [-0.4, -0.2) is 29.8 Å². The normalized spacial score (nSPS) is 20.9. The Balaban J connectivity index is 2.03. The van der Waals surface area contributed by atoms with E-state index >= 15 is 0 Å². The minimum atomic E-state index is -0.548. The summed E-state index contributed by atoms with van der Waals surface area (Å²) < 4.78 is 5.62. The maximum Gasteiger partial charge on any atom is 0.227 e. The summed E-state index contributed by atoms with van der Waals surface area (Å²) in [5, 5.41) is 12.3. The lowest BCUT2D eigenvalue weighted by atomic mass is 9.93. The van der Waals surface area contributed by atoms with Crippen LogP contribution in [-0.2, 0) is 11.2 Å². The zero-order valence-electron chi connectivity index (χ0n) is 11.5. The number of rotatable bonds is 4. The molecule has 0 aliphatic carbocycles. The Bertz CT molecular complexity index is 454. The molecule has 2 unspecified atom stereocenters. The van der Waals surface area contributed by atoms with Crippen LogP contribution >= 0.6 is 0 Å². The highest BCUT2D eigenvalue weighted by Crippen LogP contribution is 2.27. The first-order valence-electron chi connectivity index (χ1n) is 6.71. The molecule has 2 atom stereocenters. The second kappa shape index (κ2) is 5.61. The van der Waals surface area contributed by atoms with Gasteiger partial charge in [0.1, 0.15) is 12.4 Å². The molecule has 0 bridgehead atoms. The molecule has 1 heterocycles. The van der Waals surface area contributed by atoms with Gasteiger partial charge in [0.2, 0.25) is 5.91 Å². The van der Waals surface area contributed by atoms with Gasteiger partial charge < -0.3 is 15.2 Å². The van der Waals surface area contributed by atoms with Gasteiger partial charge in [-0.05, 0) is 31.4 Å². The third-order valence-corrected chi connectivity index (χ3v) is 3.80. The zero-order chi connectivity index (χ0) is 13.9. The number of para-hydroxylation sites is 1. The summed E-state index contributed by atoms with van der Waals surface area (Å²) >= 11 is 0. The average molecular weight is 263 g/mol. The molecular formula is C15H21NO3. The number of carbonyl (C=O) groups excluding carboxylic acids is 1. The van der Waals surface area contributed by atoms with Crippen LogP contribution < -0.4 is 10.1 Å². The Morgan fingerprint density at radius 2 is 2.26 bits per heavy atom. The molecule has 1 aliphatic heterocycles. The zero-order valence-corrected chi connectivity index (χ0v) is 11.5. The van der Waals surface area contributed by atoms with Crippen molar-refractivity contribution in [2.24, 2.45) is 5.92 Å². The van der Waals surface area contributed by atoms with Crippen molar-refractivity contribution in [2.45, 2.75) is 32.2 Å². The van der Waals surface area contributed by atoms with Crippen LogP contribution in [0, 0.1) is 5.92 Å². The quantitative estimate of drug-likeness (QED) is 0.866. The first-order valence-corrected chi connectivity index (χ1v) is 6.71. The summed E-state index contributed by atoms with van der Waals surface area (Å²) in [5.74, 6) is 0.632. The van der Waals surface area contributed by atoms with Gasteiger partial charge in [-0.15, -0.1) is 0 Å². The number of aliphatic hydroxyl groups is 1. The molecule has 19 heavy (non-hydrogen) atoms. The number of carbonyl (C=O) groups is 1. The number of ether oxygens (including phenoxy) is 1. The fraction of sp³-hybridized carbons (Fsp3) is 0.533. The molecule has 1 amide bonds. The highest BCUT2D eigenvalue weighted by Gasteiger charge is 2.30. The molecule has 1 aromatic rings. The number of nitrogens with one attached hydrogen (secondary N) is 1. The van der Waals surface area contributed by atoms with Crippen molar-refractivity contribution in [3.8, 4) is 5.75 Å². The van der Waals surface area contributed by atoms with E-state index in [1.165, 1.54) is 0 Å². The molecule has 1 aliphatic rings. The largest absolute Gasteiger partial charge is 0.492 e. The van der Waals surface area contributed by atoms with Crippen LogP contribution in [0.1, 0.15) is 25.8 Å². The van der Waals surface area contributed by atoms with Crippen LogP contribution in [0.15, 0.2) is 24.3 Å². The van der Waals surface area contributed by atoms with Crippen molar-refractivity contribution in [3.05, 3.63) is 29.8 Å². The van der Waals surface area contributed by atoms with E-state index in [9.17, 15) is 9.90 Å². The van der Waals surface area contributed by atoms with Crippen LogP contribution in [0.2, 0.25) is 0 Å². The Morgan fingerprint density at radius 1 is 1.53 bits per heavy atom. The first kappa shape index (κ1) is 13.9. The lowest BCUT2D eigenvalue weighted by Crippen LogP contribution is -2.52. The topological polar surface area (TPSA) is 58.6 Å². The average Bonchev–Trinajstić information content (AvgIpc) is 2.46. The molecule has 4 nitrogen and oxygen atoms in total. The van der Waals surface area contributed by atoms with E-state index in [0.29, 0.717) is 19.4 Å². The Kier molecular flexibility index (Phi) is 4.10. The summed E-state index contributed by atoms with van der Waals surface area (Å²) in [6.07, 6.45) is 1.38. The molecular weight excluding hydrogens is 242 g/mol. The van der Waals surface area contributed by atoms with Gasteiger partial charge in [0, 0.05) is 0 Å². The van der Waals surface area contributed by atoms with E-state index in [0.717, 1.165) is 11.3 Å². The minimum absolute atomic E-state index is 0.0482. The minimum Gasteiger partial charge on any atom is -0.492 e. The van der Waals surface area contributed by atoms with Crippen molar-refractivity contribution in [3.63, 3.8) is 0 Å². The molecule has 104 valence electrons. The van der Waals surface area contributed by atoms with Gasteiger partial charge in [-0.2, -0.15) is 0 Å². The molecule has 0 aromatic heterocycles. The van der Waals surface area contributed by atoms with Gasteiger partial charge in [-0.3, -0.25) is 4.79 Å². The monoisotopic (exact) mass is 263 g/mol. The smallest absolute Gasteiger partial charge is 0.227 e. The number of hydrogen-bond donors (Lipinski definition) is 2. The lowest BCUT2D eigenvalue weighted by Gasteiger charge is -2.31. The van der Waals surface area contributed by atoms with Crippen LogP contribution in [0.5, 0.6) is 5.75 Å². The Morgan fingerprint density at radius 3 is 2.95 bits per heavy atom. The fourth-order valence-electron chi connectivity index (χ4n) is 2.14. The van der Waals surface area contributed by atoms with E-state index in [1.807, 2.05) is 38.1 Å². The third kappa shape index (κ3) is 3.07. The maximum absolute atomic E-state index is 12.2. The number of benzene rings is 1. The van der Waals surface area contributed by atoms with Crippen LogP contribution in [0.4, 0.5) is 0 Å². The number of aliphatic hydroxyl groups excluding tert-OH is 1. The second-order valence-electron chi connectivity index (χ2n) is 5.38. The molecule has 0 fully saturated rings. The summed E-state index contributed by atoms with van der Waals surface area (Å²) in [6.45, 7) is 4.14. The van der Waals surface area contributed by atoms with Crippen LogP contribution in [0.25, 0.3) is 0 Å². The highest BCUT2D eigenvalue weighted by atomic mass is 16.5. The summed E-state index contributed by atoms with van der Waals surface area (Å²) in [6, 6.07) is 7.79.